The second kappa shape index (κ2) is 5.59. The molecule has 0 aromatic heterocycles. The van der Waals surface area contributed by atoms with Gasteiger partial charge in [-0.25, -0.2) is 4.39 Å². The Morgan fingerprint density at radius 1 is 1.26 bits per heavy atom. The maximum atomic E-state index is 12.9. The summed E-state index contributed by atoms with van der Waals surface area (Å²) in [5.41, 5.74) is 5.97. The molecule has 2 rings (SSSR count). The Morgan fingerprint density at radius 3 is 2.58 bits per heavy atom. The molecule has 3 nitrogen and oxygen atoms in total. The summed E-state index contributed by atoms with van der Waals surface area (Å²) in [5.74, 6) is 0.389. The highest BCUT2D eigenvalue weighted by Crippen LogP contribution is 2.31. The fourth-order valence-electron chi connectivity index (χ4n) is 1.46. The van der Waals surface area contributed by atoms with Crippen molar-refractivity contribution >= 4 is 33.4 Å². The first-order chi connectivity index (χ1) is 8.97. The van der Waals surface area contributed by atoms with Crippen LogP contribution in [0.15, 0.2) is 40.9 Å². The fourth-order valence-corrected chi connectivity index (χ4v) is 2.24. The Bertz CT molecular complexity index is 649. The maximum Gasteiger partial charge on any atom is 0.146 e. The van der Waals surface area contributed by atoms with Crippen LogP contribution in [-0.4, -0.2) is 5.84 Å². The lowest BCUT2D eigenvalue weighted by atomic mass is 10.2. The van der Waals surface area contributed by atoms with Gasteiger partial charge in [-0.3, -0.25) is 5.41 Å². The molecular weight excluding hydrogens is 335 g/mol. The monoisotopic (exact) mass is 342 g/mol. The molecule has 0 spiro atoms. The number of hydrogen-bond acceptors (Lipinski definition) is 2. The van der Waals surface area contributed by atoms with Gasteiger partial charge in [-0.1, -0.05) is 11.6 Å². The maximum absolute atomic E-state index is 12.9. The van der Waals surface area contributed by atoms with Crippen molar-refractivity contribution in [3.8, 4) is 11.5 Å². The van der Waals surface area contributed by atoms with Crippen LogP contribution in [0.1, 0.15) is 5.56 Å². The van der Waals surface area contributed by atoms with Crippen LogP contribution in [-0.2, 0) is 0 Å². The molecule has 3 N–H and O–H groups in total. The molecule has 0 heterocycles. The van der Waals surface area contributed by atoms with Crippen LogP contribution >= 0.6 is 27.5 Å². The molecule has 2 aromatic rings. The molecule has 2 aromatic carbocycles. The first-order valence-corrected chi connectivity index (χ1v) is 6.41. The topological polar surface area (TPSA) is 59.1 Å². The van der Waals surface area contributed by atoms with E-state index < -0.39 is 5.82 Å². The quantitative estimate of drug-likeness (QED) is 0.644. The zero-order valence-corrected chi connectivity index (χ0v) is 11.9. The summed E-state index contributed by atoms with van der Waals surface area (Å²) >= 11 is 9.17. The molecule has 0 amide bonds. The zero-order valence-electron chi connectivity index (χ0n) is 9.58. The third-order valence-corrected chi connectivity index (χ3v) is 3.30. The van der Waals surface area contributed by atoms with Gasteiger partial charge < -0.3 is 10.5 Å². The van der Waals surface area contributed by atoms with E-state index in [1.165, 1.54) is 18.2 Å². The highest BCUT2D eigenvalue weighted by Gasteiger charge is 2.08. The lowest BCUT2D eigenvalue weighted by molar-refractivity contribution is 0.480. The largest absolute Gasteiger partial charge is 0.456 e. The van der Waals surface area contributed by atoms with E-state index in [0.29, 0.717) is 21.5 Å². The highest BCUT2D eigenvalue weighted by atomic mass is 79.9. The van der Waals surface area contributed by atoms with Gasteiger partial charge in [0.15, 0.2) is 0 Å². The van der Waals surface area contributed by atoms with Gasteiger partial charge in [0.25, 0.3) is 0 Å². The van der Waals surface area contributed by atoms with E-state index in [1.54, 1.807) is 18.2 Å². The third-order valence-electron chi connectivity index (χ3n) is 2.35. The van der Waals surface area contributed by atoms with Crippen molar-refractivity contribution in [1.82, 2.24) is 0 Å². The first-order valence-electron chi connectivity index (χ1n) is 5.24. The first kappa shape index (κ1) is 13.8. The summed E-state index contributed by atoms with van der Waals surface area (Å²) < 4.78 is 19.1. The predicted octanol–water partition coefficient (Wildman–Crippen LogP) is 4.32. The van der Waals surface area contributed by atoms with Crippen LogP contribution in [0.2, 0.25) is 5.02 Å². The fraction of sp³-hybridized carbons (Fsp3) is 0. The molecule has 0 bridgehead atoms. The molecule has 19 heavy (non-hydrogen) atoms. The minimum absolute atomic E-state index is 0.0433. The minimum atomic E-state index is -0.426. The SMILES string of the molecule is N=C(N)c1ccc(Oc2ccc(F)cc2Cl)cc1Br. The Hall–Kier alpha value is -1.59. The van der Waals surface area contributed by atoms with Crippen LogP contribution in [0.25, 0.3) is 0 Å². The normalized spacial score (nSPS) is 10.3. The average Bonchev–Trinajstić information content (AvgIpc) is 2.32. The van der Waals surface area contributed by atoms with Crippen LogP contribution in [0.5, 0.6) is 11.5 Å². The Balaban J connectivity index is 2.29. The van der Waals surface area contributed by atoms with Crippen molar-refractivity contribution in [2.45, 2.75) is 0 Å². The van der Waals surface area contributed by atoms with Gasteiger partial charge in [0.05, 0.1) is 5.02 Å². The van der Waals surface area contributed by atoms with Crippen LogP contribution < -0.4 is 10.5 Å². The molecule has 0 saturated carbocycles. The standard InChI is InChI=1S/C13H9BrClFN2O/c14-10-6-8(2-3-9(10)13(17)18)19-12-4-1-7(16)5-11(12)15/h1-6H,(H3,17,18). The van der Waals surface area contributed by atoms with Crippen molar-refractivity contribution < 1.29 is 9.13 Å². The van der Waals surface area contributed by atoms with Gasteiger partial charge in [0, 0.05) is 10.0 Å². The van der Waals surface area contributed by atoms with E-state index in [0.717, 1.165) is 0 Å². The summed E-state index contributed by atoms with van der Waals surface area (Å²) in [6.07, 6.45) is 0. The molecule has 0 radical (unpaired) electrons. The van der Waals surface area contributed by atoms with Gasteiger partial charge in [0.2, 0.25) is 0 Å². The summed E-state index contributed by atoms with van der Waals surface area (Å²) in [5, 5.41) is 7.56. The molecule has 0 aliphatic heterocycles. The van der Waals surface area contributed by atoms with Crippen molar-refractivity contribution in [1.29, 1.82) is 5.41 Å². The van der Waals surface area contributed by atoms with Crippen molar-refractivity contribution in [3.05, 3.63) is 57.3 Å². The second-order valence-corrected chi connectivity index (χ2v) is 4.99. The number of amidine groups is 1. The molecule has 6 heteroatoms. The van der Waals surface area contributed by atoms with E-state index in [2.05, 4.69) is 15.9 Å². The smallest absolute Gasteiger partial charge is 0.146 e. The van der Waals surface area contributed by atoms with Gasteiger partial charge >= 0.3 is 0 Å². The van der Waals surface area contributed by atoms with Crippen LogP contribution in [0.3, 0.4) is 0 Å². The van der Waals surface area contributed by atoms with Gasteiger partial charge in [0.1, 0.15) is 23.2 Å². The van der Waals surface area contributed by atoms with Crippen LogP contribution in [0, 0.1) is 11.2 Å². The number of nitrogen functional groups attached to an aromatic ring is 1. The van der Waals surface area contributed by atoms with E-state index in [-0.39, 0.29) is 10.9 Å². The number of hydrogen-bond donors (Lipinski definition) is 2. The number of halogens is 3. The Kier molecular flexibility index (Phi) is 4.07. The molecule has 0 aliphatic carbocycles. The summed E-state index contributed by atoms with van der Waals surface area (Å²) in [6.45, 7) is 0. The lowest BCUT2D eigenvalue weighted by Gasteiger charge is -2.09. The number of ether oxygens (including phenoxy) is 1. The Labute approximate surface area is 122 Å². The van der Waals surface area contributed by atoms with E-state index in [9.17, 15) is 4.39 Å². The molecule has 0 aliphatic rings. The molecule has 0 unspecified atom stereocenters. The molecule has 0 fully saturated rings. The molecule has 98 valence electrons. The van der Waals surface area contributed by atoms with Crippen LogP contribution in [0.4, 0.5) is 4.39 Å². The van der Waals surface area contributed by atoms with Crippen molar-refractivity contribution in [3.63, 3.8) is 0 Å². The minimum Gasteiger partial charge on any atom is -0.456 e. The highest BCUT2D eigenvalue weighted by molar-refractivity contribution is 9.10. The van der Waals surface area contributed by atoms with Gasteiger partial charge in [-0.2, -0.15) is 0 Å². The van der Waals surface area contributed by atoms with E-state index >= 15 is 0 Å². The Morgan fingerprint density at radius 2 is 2.00 bits per heavy atom. The molecular formula is C13H9BrClFN2O. The number of nitrogens with two attached hydrogens (primary N) is 1. The zero-order chi connectivity index (χ0) is 14.0. The summed E-state index contributed by atoms with van der Waals surface area (Å²) in [7, 11) is 0. The van der Waals surface area contributed by atoms with Gasteiger partial charge in [-0.05, 0) is 52.3 Å². The second-order valence-electron chi connectivity index (χ2n) is 3.73. The summed E-state index contributed by atoms with van der Waals surface area (Å²) in [4.78, 5) is 0. The van der Waals surface area contributed by atoms with Gasteiger partial charge in [-0.15, -0.1) is 0 Å². The van der Waals surface area contributed by atoms with E-state index in [1.807, 2.05) is 0 Å². The van der Waals surface area contributed by atoms with E-state index in [4.69, 9.17) is 27.5 Å². The number of benzene rings is 2. The third kappa shape index (κ3) is 3.24. The molecule has 0 atom stereocenters. The number of rotatable bonds is 3. The van der Waals surface area contributed by atoms with Crippen molar-refractivity contribution in [2.24, 2.45) is 5.73 Å². The summed E-state index contributed by atoms with van der Waals surface area (Å²) in [6, 6.07) is 8.86. The average molecular weight is 344 g/mol. The van der Waals surface area contributed by atoms with Crippen molar-refractivity contribution in [2.75, 3.05) is 0 Å². The number of nitrogens with one attached hydrogen (secondary N) is 1. The lowest BCUT2D eigenvalue weighted by Crippen LogP contribution is -2.11. The molecule has 0 saturated heterocycles. The predicted molar refractivity (Wildman–Crippen MR) is 76.6 cm³/mol.